The highest BCUT2D eigenvalue weighted by Crippen LogP contribution is 2.38. The molecule has 0 aliphatic heterocycles. The summed E-state index contributed by atoms with van der Waals surface area (Å²) in [5.74, 6) is 0.0202. The lowest BCUT2D eigenvalue weighted by atomic mass is 9.71. The maximum Gasteiger partial charge on any atom is 0.303 e. The first-order valence-corrected chi connectivity index (χ1v) is 7.24. The number of unbranched alkanes of at least 4 members (excludes halogenated alkanes) is 1. The van der Waals surface area contributed by atoms with Crippen LogP contribution in [-0.2, 0) is 4.79 Å². The fourth-order valence-electron chi connectivity index (χ4n) is 3.32. The molecule has 2 heteroatoms. The molecule has 0 bridgehead atoms. The molecular weight excluding hydrogens is 224 g/mol. The maximum absolute atomic E-state index is 10.4. The molecule has 0 saturated carbocycles. The zero-order chi connectivity index (χ0) is 14.4. The zero-order valence-corrected chi connectivity index (χ0v) is 13.2. The van der Waals surface area contributed by atoms with Crippen molar-refractivity contribution in [3.63, 3.8) is 0 Å². The molecule has 108 valence electrons. The Bertz CT molecular complexity index is 248. The predicted octanol–water partition coefficient (Wildman–Crippen LogP) is 5.12. The van der Waals surface area contributed by atoms with E-state index in [1.807, 2.05) is 0 Å². The number of carboxylic acid groups (broad SMARTS) is 1. The Morgan fingerprint density at radius 3 is 2.11 bits per heavy atom. The van der Waals surface area contributed by atoms with Crippen molar-refractivity contribution in [2.45, 2.75) is 80.1 Å². The number of hydrogen-bond acceptors (Lipinski definition) is 1. The van der Waals surface area contributed by atoms with Crippen LogP contribution in [0.2, 0.25) is 0 Å². The van der Waals surface area contributed by atoms with E-state index in [4.69, 9.17) is 5.11 Å². The van der Waals surface area contributed by atoms with Crippen LogP contribution in [0.5, 0.6) is 0 Å². The summed E-state index contributed by atoms with van der Waals surface area (Å²) in [7, 11) is 0. The van der Waals surface area contributed by atoms with E-state index in [1.165, 1.54) is 12.8 Å². The average Bonchev–Trinajstić information content (AvgIpc) is 2.06. The quantitative estimate of drug-likeness (QED) is 0.612. The van der Waals surface area contributed by atoms with Crippen molar-refractivity contribution in [1.29, 1.82) is 0 Å². The molecule has 0 spiro atoms. The van der Waals surface area contributed by atoms with Crippen molar-refractivity contribution >= 4 is 5.97 Å². The number of hydrogen-bond donors (Lipinski definition) is 1. The van der Waals surface area contributed by atoms with Gasteiger partial charge in [0.15, 0.2) is 0 Å². The summed E-state index contributed by atoms with van der Waals surface area (Å²) >= 11 is 0. The van der Waals surface area contributed by atoms with E-state index in [0.717, 1.165) is 19.3 Å². The lowest BCUT2D eigenvalue weighted by molar-refractivity contribution is -0.137. The van der Waals surface area contributed by atoms with Gasteiger partial charge >= 0.3 is 5.97 Å². The van der Waals surface area contributed by atoms with Crippen LogP contribution in [0.1, 0.15) is 80.1 Å². The van der Waals surface area contributed by atoms with Gasteiger partial charge in [0.05, 0.1) is 0 Å². The molecule has 0 aliphatic carbocycles. The Labute approximate surface area is 113 Å². The molecule has 0 amide bonds. The first-order chi connectivity index (χ1) is 8.02. The van der Waals surface area contributed by atoms with Gasteiger partial charge in [-0.1, -0.05) is 54.4 Å². The van der Waals surface area contributed by atoms with E-state index in [9.17, 15) is 4.79 Å². The maximum atomic E-state index is 10.4. The van der Waals surface area contributed by atoms with Gasteiger partial charge in [0.25, 0.3) is 0 Å². The monoisotopic (exact) mass is 256 g/mol. The van der Waals surface area contributed by atoms with Gasteiger partial charge in [-0.15, -0.1) is 0 Å². The van der Waals surface area contributed by atoms with Crippen molar-refractivity contribution in [1.82, 2.24) is 0 Å². The van der Waals surface area contributed by atoms with Crippen LogP contribution < -0.4 is 0 Å². The molecule has 0 aliphatic rings. The fraction of sp³-hybridized carbons (Fsp3) is 0.938. The van der Waals surface area contributed by atoms with Crippen LogP contribution in [0.15, 0.2) is 0 Å². The Kier molecular flexibility index (Phi) is 6.94. The van der Waals surface area contributed by atoms with E-state index < -0.39 is 5.97 Å². The van der Waals surface area contributed by atoms with Crippen LogP contribution in [0.4, 0.5) is 0 Å². The minimum atomic E-state index is -0.671. The SMILES string of the molecule is CC(CCCCC(=O)O)CC(C)(C)CC(C)(C)C. The van der Waals surface area contributed by atoms with Gasteiger partial charge < -0.3 is 5.11 Å². The van der Waals surface area contributed by atoms with Crippen molar-refractivity contribution in [2.75, 3.05) is 0 Å². The third-order valence-electron chi connectivity index (χ3n) is 3.25. The molecule has 0 radical (unpaired) electrons. The highest BCUT2D eigenvalue weighted by Gasteiger charge is 2.26. The summed E-state index contributed by atoms with van der Waals surface area (Å²) in [6.45, 7) is 13.9. The Hall–Kier alpha value is -0.530. The standard InChI is InChI=1S/C16H32O2/c1-13(9-7-8-10-14(17)18)11-16(5,6)12-15(2,3)4/h13H,7-12H2,1-6H3,(H,17,18). The molecule has 0 aromatic heterocycles. The predicted molar refractivity (Wildman–Crippen MR) is 77.7 cm³/mol. The Morgan fingerprint density at radius 1 is 1.11 bits per heavy atom. The molecular formula is C16H32O2. The molecule has 0 rings (SSSR count). The van der Waals surface area contributed by atoms with Crippen LogP contribution >= 0.6 is 0 Å². The van der Waals surface area contributed by atoms with Crippen molar-refractivity contribution in [2.24, 2.45) is 16.7 Å². The second kappa shape index (κ2) is 7.16. The number of carbonyl (C=O) groups is 1. The fourth-order valence-corrected chi connectivity index (χ4v) is 3.32. The molecule has 0 aromatic carbocycles. The van der Waals surface area contributed by atoms with E-state index in [2.05, 4.69) is 41.5 Å². The molecule has 0 aromatic rings. The molecule has 2 nitrogen and oxygen atoms in total. The summed E-state index contributed by atoms with van der Waals surface area (Å²) in [5, 5.41) is 8.59. The highest BCUT2D eigenvalue weighted by atomic mass is 16.4. The second-order valence-corrected chi connectivity index (χ2v) is 7.85. The molecule has 0 heterocycles. The second-order valence-electron chi connectivity index (χ2n) is 7.85. The van der Waals surface area contributed by atoms with Gasteiger partial charge in [-0.25, -0.2) is 0 Å². The van der Waals surface area contributed by atoms with Crippen LogP contribution in [0.3, 0.4) is 0 Å². The minimum Gasteiger partial charge on any atom is -0.481 e. The minimum absolute atomic E-state index is 0.318. The third kappa shape index (κ3) is 10.6. The van der Waals surface area contributed by atoms with Crippen LogP contribution in [0, 0.1) is 16.7 Å². The molecule has 1 unspecified atom stereocenters. The summed E-state index contributed by atoms with van der Waals surface area (Å²) in [6, 6.07) is 0. The highest BCUT2D eigenvalue weighted by molar-refractivity contribution is 5.66. The molecule has 0 saturated heterocycles. The topological polar surface area (TPSA) is 37.3 Å². The lowest BCUT2D eigenvalue weighted by Crippen LogP contribution is -2.23. The van der Waals surface area contributed by atoms with Gasteiger partial charge in [-0.05, 0) is 36.0 Å². The van der Waals surface area contributed by atoms with E-state index in [-0.39, 0.29) is 0 Å². The molecule has 18 heavy (non-hydrogen) atoms. The molecule has 1 atom stereocenters. The number of rotatable bonds is 8. The Morgan fingerprint density at radius 2 is 1.67 bits per heavy atom. The summed E-state index contributed by atoms with van der Waals surface area (Å²) in [5.41, 5.74) is 0.761. The van der Waals surface area contributed by atoms with Crippen molar-refractivity contribution in [3.05, 3.63) is 0 Å². The molecule has 0 fully saturated rings. The zero-order valence-electron chi connectivity index (χ0n) is 13.2. The van der Waals surface area contributed by atoms with E-state index in [0.29, 0.717) is 23.2 Å². The van der Waals surface area contributed by atoms with E-state index >= 15 is 0 Å². The number of aliphatic carboxylic acids is 1. The van der Waals surface area contributed by atoms with Gasteiger partial charge in [0, 0.05) is 6.42 Å². The average molecular weight is 256 g/mol. The first-order valence-electron chi connectivity index (χ1n) is 7.24. The third-order valence-corrected chi connectivity index (χ3v) is 3.25. The Balaban J connectivity index is 3.92. The van der Waals surface area contributed by atoms with Crippen molar-refractivity contribution in [3.8, 4) is 0 Å². The van der Waals surface area contributed by atoms with Gasteiger partial charge in [0.2, 0.25) is 0 Å². The number of carboxylic acids is 1. The van der Waals surface area contributed by atoms with Crippen molar-refractivity contribution < 1.29 is 9.90 Å². The van der Waals surface area contributed by atoms with Gasteiger partial charge in [-0.3, -0.25) is 4.79 Å². The van der Waals surface area contributed by atoms with Gasteiger partial charge in [0.1, 0.15) is 0 Å². The van der Waals surface area contributed by atoms with Crippen LogP contribution in [0.25, 0.3) is 0 Å². The normalized spacial score (nSPS) is 14.6. The molecule has 1 N–H and O–H groups in total. The van der Waals surface area contributed by atoms with Gasteiger partial charge in [-0.2, -0.15) is 0 Å². The van der Waals surface area contributed by atoms with Crippen LogP contribution in [-0.4, -0.2) is 11.1 Å². The summed E-state index contributed by atoms with van der Waals surface area (Å²) in [4.78, 5) is 10.4. The largest absolute Gasteiger partial charge is 0.481 e. The van der Waals surface area contributed by atoms with E-state index in [1.54, 1.807) is 0 Å². The summed E-state index contributed by atoms with van der Waals surface area (Å²) < 4.78 is 0. The smallest absolute Gasteiger partial charge is 0.303 e. The summed E-state index contributed by atoms with van der Waals surface area (Å²) in [6.07, 6.45) is 5.80. The first kappa shape index (κ1) is 17.5. The lowest BCUT2D eigenvalue weighted by Gasteiger charge is -2.34.